The van der Waals surface area contributed by atoms with Gasteiger partial charge in [-0.2, -0.15) is 0 Å². The largest absolute Gasteiger partial charge is 0.486 e. The predicted octanol–water partition coefficient (Wildman–Crippen LogP) is 4.62. The normalized spacial score (nSPS) is 15.2. The van der Waals surface area contributed by atoms with E-state index in [1.807, 2.05) is 12.1 Å². The fourth-order valence-electron chi connectivity index (χ4n) is 3.41. The summed E-state index contributed by atoms with van der Waals surface area (Å²) in [5.74, 6) is 2.38. The zero-order valence-electron chi connectivity index (χ0n) is 16.0. The van der Waals surface area contributed by atoms with Gasteiger partial charge in [-0.3, -0.25) is 9.79 Å². The van der Waals surface area contributed by atoms with Gasteiger partial charge in [0.2, 0.25) is 0 Å². The summed E-state index contributed by atoms with van der Waals surface area (Å²) in [4.78, 5) is 19.8. The molecule has 2 aromatic carbocycles. The minimum absolute atomic E-state index is 0. The molecule has 0 amide bonds. The number of hydrogen-bond donors (Lipinski definition) is 0. The van der Waals surface area contributed by atoms with E-state index in [4.69, 9.17) is 14.5 Å². The molecule has 148 valence electrons. The Kier molecular flexibility index (Phi) is 6.73. The van der Waals surface area contributed by atoms with E-state index in [1.165, 1.54) is 5.56 Å². The monoisotopic (exact) mass is 444 g/mol. The molecule has 0 unspecified atom stereocenters. The Morgan fingerprint density at radius 1 is 1.04 bits per heavy atom. The van der Waals surface area contributed by atoms with Crippen molar-refractivity contribution in [3.8, 4) is 11.5 Å². The Bertz CT molecular complexity index is 865. The maximum atomic E-state index is 13.0. The van der Waals surface area contributed by atoms with Crippen LogP contribution < -0.4 is 14.4 Å². The number of halogens is 1. The maximum absolute atomic E-state index is 13.0. The Morgan fingerprint density at radius 3 is 2.50 bits per heavy atom. The van der Waals surface area contributed by atoms with Crippen LogP contribution in [-0.4, -0.2) is 37.9 Å². The van der Waals surface area contributed by atoms with E-state index in [2.05, 4.69) is 36.1 Å². The first-order valence-electron chi connectivity index (χ1n) is 9.51. The number of anilines is 1. The van der Waals surface area contributed by atoms with Gasteiger partial charge >= 0.3 is 0 Å². The van der Waals surface area contributed by atoms with Crippen LogP contribution in [0, 0.1) is 6.92 Å². The molecule has 0 aromatic heterocycles. The number of carbonyl (C=O) groups is 1. The van der Waals surface area contributed by atoms with Gasteiger partial charge < -0.3 is 14.4 Å². The van der Waals surface area contributed by atoms with Crippen molar-refractivity contribution < 1.29 is 14.3 Å². The summed E-state index contributed by atoms with van der Waals surface area (Å²) >= 11 is 0. The summed E-state index contributed by atoms with van der Waals surface area (Å²) in [6, 6.07) is 13.7. The van der Waals surface area contributed by atoms with Crippen LogP contribution in [0.3, 0.4) is 0 Å². The van der Waals surface area contributed by atoms with Crippen molar-refractivity contribution in [3.05, 3.63) is 53.6 Å². The Hall–Kier alpha value is -2.34. The summed E-state index contributed by atoms with van der Waals surface area (Å²) in [6.45, 7) is 4.21. The molecule has 0 atom stereocenters. The molecule has 0 aliphatic carbocycles. The standard InChI is InChI=1S/C22H24N2O3.BrH/c1-16-5-8-18(9-6-16)24(22-4-2-3-11-23-22)15-19(25)17-7-10-20-21(14-17)27-13-12-26-20;/h5-10,14H,2-4,11-13,15H2,1H3;1H. The van der Waals surface area contributed by atoms with Crippen molar-refractivity contribution in [3.63, 3.8) is 0 Å². The third-order valence-electron chi connectivity index (χ3n) is 4.93. The second-order valence-corrected chi connectivity index (χ2v) is 6.96. The molecule has 0 radical (unpaired) electrons. The first kappa shape index (κ1) is 20.4. The van der Waals surface area contributed by atoms with Gasteiger partial charge in [-0.05, 0) is 50.1 Å². The van der Waals surface area contributed by atoms with E-state index >= 15 is 0 Å². The Labute approximate surface area is 176 Å². The average molecular weight is 445 g/mol. The lowest BCUT2D eigenvalue weighted by molar-refractivity contribution is 0.100. The molecule has 0 saturated carbocycles. The second-order valence-electron chi connectivity index (χ2n) is 6.96. The summed E-state index contributed by atoms with van der Waals surface area (Å²) in [5.41, 5.74) is 2.84. The lowest BCUT2D eigenvalue weighted by Gasteiger charge is -2.28. The Morgan fingerprint density at radius 2 is 1.79 bits per heavy atom. The van der Waals surface area contributed by atoms with Gasteiger partial charge in [0.1, 0.15) is 19.0 Å². The molecule has 0 fully saturated rings. The molecule has 4 rings (SSSR count). The molecule has 6 heteroatoms. The van der Waals surface area contributed by atoms with Crippen LogP contribution in [0.15, 0.2) is 47.5 Å². The first-order valence-corrected chi connectivity index (χ1v) is 9.51. The number of benzene rings is 2. The minimum atomic E-state index is 0. The molecule has 0 saturated heterocycles. The zero-order valence-corrected chi connectivity index (χ0v) is 17.7. The quantitative estimate of drug-likeness (QED) is 0.645. The van der Waals surface area contributed by atoms with Crippen LogP contribution in [-0.2, 0) is 0 Å². The van der Waals surface area contributed by atoms with Crippen LogP contribution in [0.1, 0.15) is 35.2 Å². The number of nitrogens with zero attached hydrogens (tertiary/aromatic N) is 2. The molecule has 2 aromatic rings. The summed E-state index contributed by atoms with van der Waals surface area (Å²) in [6.07, 6.45) is 3.13. The topological polar surface area (TPSA) is 51.1 Å². The fourth-order valence-corrected chi connectivity index (χ4v) is 3.41. The molecule has 0 spiro atoms. The van der Waals surface area contributed by atoms with Crippen molar-refractivity contribution in [2.75, 3.05) is 31.2 Å². The zero-order chi connectivity index (χ0) is 18.6. The molecular weight excluding hydrogens is 420 g/mol. The number of aliphatic imine (C=N–C) groups is 1. The molecule has 0 bridgehead atoms. The first-order chi connectivity index (χ1) is 13.2. The average Bonchev–Trinajstić information content (AvgIpc) is 2.73. The van der Waals surface area contributed by atoms with Gasteiger partial charge in [-0.15, -0.1) is 17.0 Å². The smallest absolute Gasteiger partial charge is 0.182 e. The van der Waals surface area contributed by atoms with Gasteiger partial charge in [-0.1, -0.05) is 17.7 Å². The molecule has 28 heavy (non-hydrogen) atoms. The third kappa shape index (κ3) is 4.55. The van der Waals surface area contributed by atoms with Gasteiger partial charge in [-0.25, -0.2) is 0 Å². The third-order valence-corrected chi connectivity index (χ3v) is 4.93. The van der Waals surface area contributed by atoms with Crippen LogP contribution >= 0.6 is 17.0 Å². The van der Waals surface area contributed by atoms with E-state index in [-0.39, 0.29) is 29.3 Å². The fraction of sp³-hybridized carbons (Fsp3) is 0.364. The molecular formula is C22H25BrN2O3. The summed E-state index contributed by atoms with van der Waals surface area (Å²) in [7, 11) is 0. The summed E-state index contributed by atoms with van der Waals surface area (Å²) in [5, 5.41) is 0. The van der Waals surface area contributed by atoms with Gasteiger partial charge in [0.05, 0.1) is 6.54 Å². The van der Waals surface area contributed by atoms with Crippen LogP contribution in [0.4, 0.5) is 5.69 Å². The molecule has 2 aliphatic heterocycles. The molecule has 2 heterocycles. The minimum Gasteiger partial charge on any atom is -0.486 e. The van der Waals surface area contributed by atoms with Gasteiger partial charge in [0.25, 0.3) is 0 Å². The van der Waals surface area contributed by atoms with Crippen molar-refractivity contribution in [1.29, 1.82) is 0 Å². The highest BCUT2D eigenvalue weighted by molar-refractivity contribution is 8.93. The highest BCUT2D eigenvalue weighted by Crippen LogP contribution is 2.31. The molecule has 0 N–H and O–H groups in total. The molecule has 5 nitrogen and oxygen atoms in total. The highest BCUT2D eigenvalue weighted by atomic mass is 79.9. The lowest BCUT2D eigenvalue weighted by Crippen LogP contribution is -2.37. The number of carbonyl (C=O) groups excluding carboxylic acids is 1. The van der Waals surface area contributed by atoms with E-state index in [1.54, 1.807) is 6.07 Å². The number of ether oxygens (including phenoxy) is 2. The van der Waals surface area contributed by atoms with Crippen LogP contribution in [0.5, 0.6) is 11.5 Å². The number of amidine groups is 1. The van der Waals surface area contributed by atoms with E-state index in [0.29, 0.717) is 30.3 Å². The van der Waals surface area contributed by atoms with Crippen LogP contribution in [0.2, 0.25) is 0 Å². The maximum Gasteiger partial charge on any atom is 0.182 e. The van der Waals surface area contributed by atoms with E-state index in [0.717, 1.165) is 37.3 Å². The van der Waals surface area contributed by atoms with Crippen molar-refractivity contribution in [2.24, 2.45) is 4.99 Å². The van der Waals surface area contributed by atoms with Gasteiger partial charge in [0.15, 0.2) is 17.3 Å². The molecule has 2 aliphatic rings. The number of fused-ring (bicyclic) bond motifs is 1. The van der Waals surface area contributed by atoms with Crippen molar-refractivity contribution in [1.82, 2.24) is 0 Å². The van der Waals surface area contributed by atoms with Crippen molar-refractivity contribution in [2.45, 2.75) is 26.2 Å². The number of ketones is 1. The van der Waals surface area contributed by atoms with E-state index < -0.39 is 0 Å². The number of Topliss-reactive ketones (excluding diaryl/α,β-unsaturated/α-hetero) is 1. The van der Waals surface area contributed by atoms with Crippen LogP contribution in [0.25, 0.3) is 0 Å². The lowest BCUT2D eigenvalue weighted by atomic mass is 10.1. The number of hydrogen-bond acceptors (Lipinski definition) is 5. The Balaban J connectivity index is 0.00000225. The number of rotatable bonds is 4. The number of aryl methyl sites for hydroxylation is 1. The van der Waals surface area contributed by atoms with Gasteiger partial charge in [0, 0.05) is 24.2 Å². The highest BCUT2D eigenvalue weighted by Gasteiger charge is 2.21. The van der Waals surface area contributed by atoms with Crippen molar-refractivity contribution >= 4 is 34.3 Å². The SMILES string of the molecule is Br.Cc1ccc(N(CC(=O)c2ccc3c(c2)OCCO3)C2=NCCCC2)cc1. The predicted molar refractivity (Wildman–Crippen MR) is 117 cm³/mol. The second kappa shape index (κ2) is 9.24. The summed E-state index contributed by atoms with van der Waals surface area (Å²) < 4.78 is 11.2. The van der Waals surface area contributed by atoms with E-state index in [9.17, 15) is 4.79 Å².